The molecule has 1 saturated heterocycles. The number of halogens is 1. The smallest absolute Gasteiger partial charge is 0.221 e. The molecule has 0 unspecified atom stereocenters. The third-order valence-corrected chi connectivity index (χ3v) is 4.65. The molecular weight excluding hydrogens is 293 g/mol. The maximum absolute atomic E-state index is 12.8. The maximum Gasteiger partial charge on any atom is 0.221 e. The molecule has 5 heteroatoms. The number of piperidine rings is 1. The molecule has 1 heterocycles. The van der Waals surface area contributed by atoms with E-state index in [9.17, 15) is 9.18 Å². The van der Waals surface area contributed by atoms with Crippen molar-refractivity contribution in [2.45, 2.75) is 31.7 Å². The fraction of sp³-hybridized carbons (Fsp3) is 0.611. The Balaban J connectivity index is 1.60. The number of carbonyl (C=O) groups is 1. The molecule has 0 saturated carbocycles. The number of carbonyl (C=O) groups excluding carboxylic acids is 1. The van der Waals surface area contributed by atoms with Crippen LogP contribution in [0.1, 0.15) is 24.8 Å². The zero-order valence-corrected chi connectivity index (χ0v) is 14.2. The van der Waals surface area contributed by atoms with Crippen molar-refractivity contribution in [2.75, 3.05) is 40.3 Å². The lowest BCUT2D eigenvalue weighted by Crippen LogP contribution is -2.43. The first-order valence-corrected chi connectivity index (χ1v) is 8.44. The molecule has 1 aliphatic heterocycles. The Bertz CT molecular complexity index is 484. The summed E-state index contributed by atoms with van der Waals surface area (Å²) in [7, 11) is 4.27. The zero-order valence-electron chi connectivity index (χ0n) is 14.2. The summed E-state index contributed by atoms with van der Waals surface area (Å²) >= 11 is 0. The van der Waals surface area contributed by atoms with Gasteiger partial charge >= 0.3 is 0 Å². The van der Waals surface area contributed by atoms with Crippen LogP contribution >= 0.6 is 0 Å². The van der Waals surface area contributed by atoms with Gasteiger partial charge in [0.2, 0.25) is 5.91 Å². The van der Waals surface area contributed by atoms with Crippen molar-refractivity contribution in [3.63, 3.8) is 0 Å². The monoisotopic (exact) mass is 321 g/mol. The number of rotatable bonds is 7. The molecule has 4 nitrogen and oxygen atoms in total. The van der Waals surface area contributed by atoms with E-state index in [2.05, 4.69) is 29.2 Å². The second-order valence-corrected chi connectivity index (χ2v) is 6.49. The largest absolute Gasteiger partial charge is 0.356 e. The van der Waals surface area contributed by atoms with Crippen molar-refractivity contribution in [1.29, 1.82) is 0 Å². The molecule has 1 aliphatic rings. The highest BCUT2D eigenvalue weighted by molar-refractivity contribution is 5.76. The molecule has 0 atom stereocenters. The van der Waals surface area contributed by atoms with E-state index < -0.39 is 0 Å². The van der Waals surface area contributed by atoms with Gasteiger partial charge in [0.15, 0.2) is 0 Å². The molecule has 1 aromatic carbocycles. The minimum atomic E-state index is -0.227. The van der Waals surface area contributed by atoms with Crippen molar-refractivity contribution in [1.82, 2.24) is 15.1 Å². The van der Waals surface area contributed by atoms with Crippen molar-refractivity contribution >= 4 is 5.91 Å². The van der Waals surface area contributed by atoms with Gasteiger partial charge in [0.1, 0.15) is 5.82 Å². The van der Waals surface area contributed by atoms with E-state index in [1.165, 1.54) is 25.0 Å². The summed E-state index contributed by atoms with van der Waals surface area (Å²) in [5.41, 5.74) is 1.04. The highest BCUT2D eigenvalue weighted by Crippen LogP contribution is 2.14. The van der Waals surface area contributed by atoms with Gasteiger partial charge in [0.25, 0.3) is 0 Å². The van der Waals surface area contributed by atoms with E-state index in [-0.39, 0.29) is 11.7 Å². The van der Waals surface area contributed by atoms with Crippen LogP contribution in [0.2, 0.25) is 0 Å². The average molecular weight is 321 g/mol. The molecule has 0 bridgehead atoms. The fourth-order valence-corrected chi connectivity index (χ4v) is 2.98. The molecule has 1 fully saturated rings. The van der Waals surface area contributed by atoms with Gasteiger partial charge in [-0.1, -0.05) is 12.1 Å². The first kappa shape index (κ1) is 17.9. The molecule has 2 rings (SSSR count). The Kier molecular flexibility index (Phi) is 6.99. The number of amides is 1. The van der Waals surface area contributed by atoms with Crippen molar-refractivity contribution < 1.29 is 9.18 Å². The van der Waals surface area contributed by atoms with Crippen LogP contribution in [-0.4, -0.2) is 62.0 Å². The topological polar surface area (TPSA) is 35.6 Å². The number of nitrogens with zero attached hydrogens (tertiary/aromatic N) is 2. The highest BCUT2D eigenvalue weighted by Gasteiger charge is 2.20. The van der Waals surface area contributed by atoms with Gasteiger partial charge in [0.05, 0.1) is 0 Å². The van der Waals surface area contributed by atoms with E-state index >= 15 is 0 Å². The molecule has 23 heavy (non-hydrogen) atoms. The lowest BCUT2D eigenvalue weighted by Gasteiger charge is -2.35. The predicted molar refractivity (Wildman–Crippen MR) is 90.9 cm³/mol. The summed E-state index contributed by atoms with van der Waals surface area (Å²) in [6, 6.07) is 7.02. The summed E-state index contributed by atoms with van der Waals surface area (Å²) in [5.74, 6) is -0.137. The fourth-order valence-electron chi connectivity index (χ4n) is 2.98. The van der Waals surface area contributed by atoms with Gasteiger partial charge in [-0.15, -0.1) is 0 Å². The molecule has 1 aromatic rings. The third-order valence-electron chi connectivity index (χ3n) is 4.65. The average Bonchev–Trinajstić information content (AvgIpc) is 2.55. The third kappa shape index (κ3) is 6.28. The number of benzene rings is 1. The number of hydrogen-bond acceptors (Lipinski definition) is 3. The second-order valence-electron chi connectivity index (χ2n) is 6.49. The standard InChI is InChI=1S/C18H28FN3O/c1-21-12-8-17(9-13-21)22(2)14-10-18(23)20-11-7-15-3-5-16(19)6-4-15/h3-6,17H,7-14H2,1-2H3,(H,20,23). The van der Waals surface area contributed by atoms with Crippen LogP contribution < -0.4 is 5.32 Å². The molecule has 128 valence electrons. The Morgan fingerprint density at radius 3 is 2.61 bits per heavy atom. The van der Waals surface area contributed by atoms with Crippen molar-refractivity contribution in [3.8, 4) is 0 Å². The summed E-state index contributed by atoms with van der Waals surface area (Å²) in [4.78, 5) is 16.6. The number of nitrogens with one attached hydrogen (secondary N) is 1. The van der Waals surface area contributed by atoms with Gasteiger partial charge in [-0.05, 0) is 64.1 Å². The van der Waals surface area contributed by atoms with Crippen LogP contribution in [0.5, 0.6) is 0 Å². The van der Waals surface area contributed by atoms with Gasteiger partial charge in [-0.3, -0.25) is 4.79 Å². The summed E-state index contributed by atoms with van der Waals surface area (Å²) in [5, 5.41) is 2.94. The molecule has 1 amide bonds. The minimum Gasteiger partial charge on any atom is -0.356 e. The maximum atomic E-state index is 12.8. The first-order chi connectivity index (χ1) is 11.0. The van der Waals surface area contributed by atoms with Gasteiger partial charge in [0, 0.05) is 25.6 Å². The number of hydrogen-bond donors (Lipinski definition) is 1. The Morgan fingerprint density at radius 2 is 1.96 bits per heavy atom. The minimum absolute atomic E-state index is 0.0897. The van der Waals surface area contributed by atoms with E-state index in [4.69, 9.17) is 0 Å². The Morgan fingerprint density at radius 1 is 1.30 bits per heavy atom. The van der Waals surface area contributed by atoms with Crippen LogP contribution in [0, 0.1) is 5.82 Å². The summed E-state index contributed by atoms with van der Waals surface area (Å²) in [6.07, 6.45) is 3.63. The lowest BCUT2D eigenvalue weighted by atomic mass is 10.0. The Hall–Kier alpha value is -1.46. The predicted octanol–water partition coefficient (Wildman–Crippen LogP) is 1.90. The quantitative estimate of drug-likeness (QED) is 0.833. The zero-order chi connectivity index (χ0) is 16.7. The van der Waals surface area contributed by atoms with Gasteiger partial charge in [-0.25, -0.2) is 4.39 Å². The molecule has 0 aromatic heterocycles. The van der Waals surface area contributed by atoms with Crippen molar-refractivity contribution in [2.24, 2.45) is 0 Å². The van der Waals surface area contributed by atoms with Crippen LogP contribution in [0.4, 0.5) is 4.39 Å². The van der Waals surface area contributed by atoms with E-state index in [0.717, 1.165) is 31.6 Å². The summed E-state index contributed by atoms with van der Waals surface area (Å²) < 4.78 is 12.8. The first-order valence-electron chi connectivity index (χ1n) is 8.44. The lowest BCUT2D eigenvalue weighted by molar-refractivity contribution is -0.121. The van der Waals surface area contributed by atoms with E-state index in [1.54, 1.807) is 12.1 Å². The van der Waals surface area contributed by atoms with Crippen molar-refractivity contribution in [3.05, 3.63) is 35.6 Å². The molecule has 0 aliphatic carbocycles. The van der Waals surface area contributed by atoms with Crippen LogP contribution in [0.15, 0.2) is 24.3 Å². The molecule has 0 spiro atoms. The van der Waals surface area contributed by atoms with Gasteiger partial charge in [-0.2, -0.15) is 0 Å². The SMILES string of the molecule is CN1CCC(N(C)CCC(=O)NCCc2ccc(F)cc2)CC1. The van der Waals surface area contributed by atoms with E-state index in [0.29, 0.717) is 19.0 Å². The second kappa shape index (κ2) is 8.99. The van der Waals surface area contributed by atoms with Crippen LogP contribution in [-0.2, 0) is 11.2 Å². The summed E-state index contributed by atoms with van der Waals surface area (Å²) in [6.45, 7) is 3.68. The Labute approximate surface area is 138 Å². The van der Waals surface area contributed by atoms with Gasteiger partial charge < -0.3 is 15.1 Å². The molecule has 1 N–H and O–H groups in total. The van der Waals surface area contributed by atoms with Crippen LogP contribution in [0.25, 0.3) is 0 Å². The van der Waals surface area contributed by atoms with Crippen LogP contribution in [0.3, 0.4) is 0 Å². The van der Waals surface area contributed by atoms with E-state index in [1.807, 2.05) is 0 Å². The molecular formula is C18H28FN3O. The molecule has 0 radical (unpaired) electrons. The number of likely N-dealkylation sites (tertiary alicyclic amines) is 1. The highest BCUT2D eigenvalue weighted by atomic mass is 19.1. The normalized spacial score (nSPS) is 16.7.